The quantitative estimate of drug-likeness (QED) is 0.399. The topological polar surface area (TPSA) is 20.3 Å². The average Bonchev–Trinajstić information content (AvgIpc) is 2.01. The Morgan fingerprint density at radius 2 is 1.77 bits per heavy atom. The molecule has 0 spiro atoms. The van der Waals surface area contributed by atoms with E-state index >= 15 is 0 Å². The zero-order chi connectivity index (χ0) is 10.0. The first-order valence-electron chi connectivity index (χ1n) is 3.40. The van der Waals surface area contributed by atoms with Crippen molar-refractivity contribution in [3.63, 3.8) is 0 Å². The van der Waals surface area contributed by atoms with E-state index in [0.717, 1.165) is 12.0 Å². The lowest BCUT2D eigenvalue weighted by Gasteiger charge is -2.12. The summed E-state index contributed by atoms with van der Waals surface area (Å²) >= 11 is 4.25. The van der Waals surface area contributed by atoms with Gasteiger partial charge in [-0.25, -0.2) is 4.79 Å². The van der Waals surface area contributed by atoms with Crippen LogP contribution in [0.5, 0.6) is 0 Å². The van der Waals surface area contributed by atoms with E-state index in [2.05, 4.69) is 45.2 Å². The zero-order valence-corrected chi connectivity index (χ0v) is 11.0. The van der Waals surface area contributed by atoms with Crippen molar-refractivity contribution in [2.45, 2.75) is 0 Å². The van der Waals surface area contributed by atoms with Crippen LogP contribution in [0.4, 0.5) is 14.9 Å². The molecular formula is C8H6FI2NO. The molecule has 13 heavy (non-hydrogen) atoms. The maximum atomic E-state index is 12.3. The third-order valence-electron chi connectivity index (χ3n) is 1.50. The van der Waals surface area contributed by atoms with Crippen LogP contribution in [0.3, 0.4) is 0 Å². The summed E-state index contributed by atoms with van der Waals surface area (Å²) in [7, 11) is 1.41. The molecule has 0 unspecified atom stereocenters. The Bertz CT molecular complexity index is 323. The molecule has 0 aliphatic carbocycles. The van der Waals surface area contributed by atoms with Crippen molar-refractivity contribution in [3.8, 4) is 0 Å². The standard InChI is InChI=1S/C8H6FI2NO/c1-12(8(9)13)7-3-5(10)2-6(11)4-7/h2-4H,1H3. The van der Waals surface area contributed by atoms with Crippen LogP contribution in [-0.2, 0) is 0 Å². The monoisotopic (exact) mass is 405 g/mol. The second kappa shape index (κ2) is 4.54. The van der Waals surface area contributed by atoms with Crippen molar-refractivity contribution >= 4 is 57.0 Å². The highest BCUT2D eigenvalue weighted by molar-refractivity contribution is 14.1. The van der Waals surface area contributed by atoms with Crippen molar-refractivity contribution in [3.05, 3.63) is 25.3 Å². The molecule has 0 aliphatic rings. The van der Waals surface area contributed by atoms with Gasteiger partial charge in [-0.2, -0.15) is 0 Å². The molecule has 0 heterocycles. The minimum absolute atomic E-state index is 0.573. The molecule has 2 nitrogen and oxygen atoms in total. The lowest BCUT2D eigenvalue weighted by atomic mass is 10.3. The van der Waals surface area contributed by atoms with Crippen LogP contribution in [0.15, 0.2) is 18.2 Å². The van der Waals surface area contributed by atoms with Gasteiger partial charge in [0.25, 0.3) is 0 Å². The van der Waals surface area contributed by atoms with Crippen molar-refractivity contribution < 1.29 is 9.18 Å². The van der Waals surface area contributed by atoms with Gasteiger partial charge >= 0.3 is 6.16 Å². The molecule has 0 saturated heterocycles. The molecule has 0 fully saturated rings. The molecule has 0 radical (unpaired) electrons. The third-order valence-corrected chi connectivity index (χ3v) is 2.74. The number of carbonyl (C=O) groups excluding carboxylic acids is 1. The Balaban J connectivity index is 3.07. The van der Waals surface area contributed by atoms with Crippen LogP contribution < -0.4 is 4.90 Å². The fourth-order valence-corrected chi connectivity index (χ4v) is 2.74. The van der Waals surface area contributed by atoms with Crippen molar-refractivity contribution in [2.75, 3.05) is 11.9 Å². The summed E-state index contributed by atoms with van der Waals surface area (Å²) in [4.78, 5) is 11.4. The SMILES string of the molecule is CN(C(=O)F)c1cc(I)cc(I)c1. The number of rotatable bonds is 1. The van der Waals surface area contributed by atoms with Crippen LogP contribution >= 0.6 is 45.2 Å². The Morgan fingerprint density at radius 1 is 1.31 bits per heavy atom. The lowest BCUT2D eigenvalue weighted by Crippen LogP contribution is -2.20. The van der Waals surface area contributed by atoms with Gasteiger partial charge in [0.15, 0.2) is 0 Å². The number of hydrogen-bond acceptors (Lipinski definition) is 1. The molecule has 1 rings (SSSR count). The summed E-state index contributed by atoms with van der Waals surface area (Å²) in [5.74, 6) is 0. The van der Waals surface area contributed by atoms with E-state index in [4.69, 9.17) is 0 Å². The number of benzene rings is 1. The summed E-state index contributed by atoms with van der Waals surface area (Å²) in [6.07, 6.45) is -1.45. The molecular weight excluding hydrogens is 399 g/mol. The van der Waals surface area contributed by atoms with Crippen LogP contribution in [-0.4, -0.2) is 13.2 Å². The van der Waals surface area contributed by atoms with Crippen LogP contribution in [0.25, 0.3) is 0 Å². The van der Waals surface area contributed by atoms with Gasteiger partial charge in [0.1, 0.15) is 0 Å². The predicted molar refractivity (Wildman–Crippen MR) is 66.8 cm³/mol. The smallest absolute Gasteiger partial charge is 0.287 e. The van der Waals surface area contributed by atoms with Gasteiger partial charge in [0.05, 0.1) is 0 Å². The second-order valence-corrected chi connectivity index (χ2v) is 4.93. The Hall–Kier alpha value is 0.0800. The molecule has 0 atom stereocenters. The maximum Gasteiger partial charge on any atom is 0.404 e. The van der Waals surface area contributed by atoms with E-state index in [1.807, 2.05) is 6.07 Å². The normalized spacial score (nSPS) is 9.85. The van der Waals surface area contributed by atoms with Crippen molar-refractivity contribution in [1.29, 1.82) is 0 Å². The zero-order valence-electron chi connectivity index (χ0n) is 6.72. The highest BCUT2D eigenvalue weighted by Gasteiger charge is 2.09. The molecule has 0 bridgehead atoms. The maximum absolute atomic E-state index is 12.3. The fraction of sp³-hybridized carbons (Fsp3) is 0.125. The number of nitrogens with zero attached hydrogens (tertiary/aromatic N) is 1. The molecule has 0 saturated carbocycles. The first kappa shape index (κ1) is 11.2. The van der Waals surface area contributed by atoms with E-state index in [1.54, 1.807) is 12.1 Å². The first-order valence-corrected chi connectivity index (χ1v) is 5.56. The summed E-state index contributed by atoms with van der Waals surface area (Å²) in [6, 6.07) is 5.45. The Kier molecular flexibility index (Phi) is 3.89. The van der Waals surface area contributed by atoms with E-state index in [0.29, 0.717) is 5.69 Å². The average molecular weight is 405 g/mol. The summed E-state index contributed by atoms with van der Waals surface area (Å²) < 4.78 is 14.3. The van der Waals surface area contributed by atoms with Gasteiger partial charge in [0, 0.05) is 19.9 Å². The highest BCUT2D eigenvalue weighted by atomic mass is 127. The van der Waals surface area contributed by atoms with E-state index < -0.39 is 6.16 Å². The molecule has 1 amide bonds. The van der Waals surface area contributed by atoms with Crippen LogP contribution in [0.2, 0.25) is 0 Å². The Labute approximate surface area is 103 Å². The fourth-order valence-electron chi connectivity index (χ4n) is 0.834. The van der Waals surface area contributed by atoms with Crippen LogP contribution in [0, 0.1) is 7.14 Å². The lowest BCUT2D eigenvalue weighted by molar-refractivity contribution is 0.229. The highest BCUT2D eigenvalue weighted by Crippen LogP contribution is 2.21. The number of carbonyl (C=O) groups is 1. The second-order valence-electron chi connectivity index (χ2n) is 2.44. The minimum atomic E-state index is -1.45. The van der Waals surface area contributed by atoms with Gasteiger partial charge in [0.2, 0.25) is 0 Å². The molecule has 0 aromatic heterocycles. The number of amides is 1. The number of hydrogen-bond donors (Lipinski definition) is 0. The third kappa shape index (κ3) is 3.04. The number of halogens is 3. The van der Waals surface area contributed by atoms with Gasteiger partial charge < -0.3 is 0 Å². The van der Waals surface area contributed by atoms with E-state index in [-0.39, 0.29) is 0 Å². The molecule has 5 heteroatoms. The Morgan fingerprint density at radius 3 is 2.15 bits per heavy atom. The van der Waals surface area contributed by atoms with Gasteiger partial charge in [-0.05, 0) is 63.4 Å². The summed E-state index contributed by atoms with van der Waals surface area (Å²) in [5.41, 5.74) is 0.573. The van der Waals surface area contributed by atoms with Crippen molar-refractivity contribution in [2.24, 2.45) is 0 Å². The molecule has 1 aromatic rings. The van der Waals surface area contributed by atoms with Gasteiger partial charge in [-0.15, -0.1) is 4.39 Å². The molecule has 0 aliphatic heterocycles. The van der Waals surface area contributed by atoms with Crippen molar-refractivity contribution in [1.82, 2.24) is 0 Å². The van der Waals surface area contributed by atoms with Gasteiger partial charge in [-0.1, -0.05) is 0 Å². The summed E-state index contributed by atoms with van der Waals surface area (Å²) in [6.45, 7) is 0. The van der Waals surface area contributed by atoms with Crippen LogP contribution in [0.1, 0.15) is 0 Å². The summed E-state index contributed by atoms with van der Waals surface area (Å²) in [5, 5.41) is 0. The molecule has 70 valence electrons. The van der Waals surface area contributed by atoms with E-state index in [1.165, 1.54) is 7.05 Å². The van der Waals surface area contributed by atoms with Gasteiger partial charge in [-0.3, -0.25) is 4.90 Å². The largest absolute Gasteiger partial charge is 0.404 e. The molecule has 0 N–H and O–H groups in total. The minimum Gasteiger partial charge on any atom is -0.287 e. The van der Waals surface area contributed by atoms with E-state index in [9.17, 15) is 9.18 Å². The number of anilines is 1. The first-order chi connectivity index (χ1) is 6.00. The molecule has 1 aromatic carbocycles. The predicted octanol–water partition coefficient (Wildman–Crippen LogP) is 3.42.